The summed E-state index contributed by atoms with van der Waals surface area (Å²) in [5, 5.41) is 12.5. The predicted octanol–water partition coefficient (Wildman–Crippen LogP) is 23.6. The number of carbonyl (C=O) groups is 1. The van der Waals surface area contributed by atoms with Crippen molar-refractivity contribution in [3.63, 3.8) is 0 Å². The van der Waals surface area contributed by atoms with Crippen LogP contribution in [0.1, 0.15) is 366 Å². The second-order valence-corrected chi connectivity index (χ2v) is 37.4. The number of aliphatic hydroxyl groups excluding tert-OH is 1. The lowest BCUT2D eigenvalue weighted by atomic mass is 10.0. The molecule has 76 heavy (non-hydrogen) atoms. The summed E-state index contributed by atoms with van der Waals surface area (Å²) < 4.78 is 15.0. The van der Waals surface area contributed by atoms with E-state index in [1.807, 2.05) is 0 Å². The van der Waals surface area contributed by atoms with Crippen LogP contribution in [0.15, 0.2) is 12.2 Å². The van der Waals surface area contributed by atoms with E-state index in [9.17, 15) is 4.79 Å². The lowest BCUT2D eigenvalue weighted by Gasteiger charge is -2.47. The Morgan fingerprint density at radius 3 is 0.961 bits per heavy atom. The number of unbranched alkanes of at least 4 members (excludes halogenated alkanes) is 40. The molecule has 0 aliphatic carbocycles. The molecule has 0 aromatic heterocycles. The van der Waals surface area contributed by atoms with Gasteiger partial charge in [-0.25, -0.2) is 0 Å². The second-order valence-electron chi connectivity index (χ2n) is 26.5. The van der Waals surface area contributed by atoms with E-state index in [1.165, 1.54) is 244 Å². The molecule has 0 saturated heterocycles. The molecule has 0 bridgehead atoms. The van der Waals surface area contributed by atoms with Crippen molar-refractivity contribution in [2.24, 2.45) is 0 Å². The van der Waals surface area contributed by atoms with Crippen LogP contribution < -0.4 is 5.32 Å². The van der Waals surface area contributed by atoms with Gasteiger partial charge in [0, 0.05) is 13.0 Å². The van der Waals surface area contributed by atoms with E-state index in [2.05, 4.69) is 107 Å². The molecule has 0 fully saturated rings. The molecule has 0 radical (unpaired) electrons. The highest BCUT2D eigenvalue weighted by Crippen LogP contribution is 2.45. The Hall–Kier alpha value is -0.476. The van der Waals surface area contributed by atoms with Gasteiger partial charge in [-0.1, -0.05) is 346 Å². The minimum Gasteiger partial charge on any atom is -0.414 e. The summed E-state index contributed by atoms with van der Waals surface area (Å²) in [7, 11) is -4.46. The van der Waals surface area contributed by atoms with E-state index in [-0.39, 0.29) is 18.1 Å². The smallest absolute Gasteiger partial charge is 0.220 e. The van der Waals surface area contributed by atoms with Gasteiger partial charge in [-0.2, -0.15) is 0 Å². The van der Waals surface area contributed by atoms with Gasteiger partial charge < -0.3 is 19.3 Å². The fourth-order valence-electron chi connectivity index (χ4n) is 13.6. The first kappa shape index (κ1) is 75.5. The fourth-order valence-corrected chi connectivity index (χ4v) is 24.6. The van der Waals surface area contributed by atoms with Crippen LogP contribution in [0.3, 0.4) is 0 Å². The largest absolute Gasteiger partial charge is 0.414 e. The molecular formula is C69H141NO4Si2. The molecule has 0 unspecified atom stereocenters. The van der Waals surface area contributed by atoms with Crippen molar-refractivity contribution in [3.8, 4) is 0 Å². The maximum Gasteiger partial charge on any atom is 0.220 e. The molecule has 7 heteroatoms. The molecule has 2 atom stereocenters. The van der Waals surface area contributed by atoms with E-state index < -0.39 is 16.6 Å². The van der Waals surface area contributed by atoms with Crippen LogP contribution in [0, 0.1) is 0 Å². The maximum absolute atomic E-state index is 14.1. The maximum atomic E-state index is 14.1. The number of rotatable bonds is 58. The van der Waals surface area contributed by atoms with Gasteiger partial charge in [0.15, 0.2) is 8.32 Å². The van der Waals surface area contributed by atoms with Gasteiger partial charge in [0.2, 0.25) is 14.2 Å². The van der Waals surface area contributed by atoms with Gasteiger partial charge in [0.25, 0.3) is 0 Å². The van der Waals surface area contributed by atoms with Gasteiger partial charge >= 0.3 is 0 Å². The summed E-state index contributed by atoms with van der Waals surface area (Å²) in [5.74, 6) is 0.171. The third-order valence-electron chi connectivity index (χ3n) is 18.1. The molecule has 454 valence electrons. The number of nitrogens with one attached hydrogen (secondary N) is 1. The zero-order chi connectivity index (χ0) is 56.6. The van der Waals surface area contributed by atoms with Crippen LogP contribution in [-0.2, 0) is 13.6 Å². The molecule has 2 N–H and O–H groups in total. The molecular weight excluding hydrogens is 963 g/mol. The Labute approximate surface area is 481 Å². The van der Waals surface area contributed by atoms with Crippen molar-refractivity contribution in [2.75, 3.05) is 13.2 Å². The Morgan fingerprint density at radius 1 is 0.395 bits per heavy atom. The van der Waals surface area contributed by atoms with Crippen molar-refractivity contribution < 1.29 is 18.8 Å². The minimum atomic E-state index is -2.28. The summed E-state index contributed by atoms with van der Waals surface area (Å²) in [6.07, 6.45) is 62.0. The summed E-state index contributed by atoms with van der Waals surface area (Å²) in [6.45, 7) is 31.8. The minimum absolute atomic E-state index is 0.171. The van der Waals surface area contributed by atoms with Crippen molar-refractivity contribution in [1.82, 2.24) is 5.32 Å². The lowest BCUT2D eigenvalue weighted by Crippen LogP contribution is -2.57. The number of amides is 1. The van der Waals surface area contributed by atoms with Gasteiger partial charge in [-0.3, -0.25) is 4.79 Å². The third kappa shape index (κ3) is 36.8. The van der Waals surface area contributed by atoms with Crippen LogP contribution in [0.2, 0.25) is 33.2 Å². The Bertz CT molecular complexity index is 1220. The monoisotopic (exact) mass is 1100 g/mol. The van der Waals surface area contributed by atoms with Gasteiger partial charge in [0.1, 0.15) is 0 Å². The fraction of sp³-hybridized carbons (Fsp3) is 0.957. The third-order valence-corrected chi connectivity index (χ3v) is 30.3. The molecule has 1 amide bonds. The Balaban J connectivity index is 4.87. The standard InChI is InChI=1S/C69H141NO4Si2/c1-14-15-16-17-18-19-20-39-42-45-48-51-54-57-68(74-76(64(8)9,65(10)11)66(12)13)67(60-73-75(61(2)3,62(4)5)63(6)7)70-69(72)58-55-52-49-46-43-40-37-35-33-31-29-27-25-23-21-22-24-26-28-30-32-34-36-38-41-44-47-50-53-56-59-71/h54,57,61-68,71H,14-53,55-56,58-60H2,1-13H3,(H,70,72)/b57-54+/t67-,68+/m0/s1. The number of hydrogen-bond donors (Lipinski definition) is 2. The summed E-state index contributed by atoms with van der Waals surface area (Å²) in [6, 6.07) is -0.206. The molecule has 0 aliphatic rings. The predicted molar refractivity (Wildman–Crippen MR) is 345 cm³/mol. The van der Waals surface area contributed by atoms with Gasteiger partial charge in [-0.05, 0) is 58.9 Å². The van der Waals surface area contributed by atoms with Gasteiger partial charge in [0.05, 0.1) is 18.8 Å². The molecule has 0 spiro atoms. The van der Waals surface area contributed by atoms with Crippen LogP contribution in [0.5, 0.6) is 0 Å². The van der Waals surface area contributed by atoms with Crippen LogP contribution >= 0.6 is 0 Å². The Morgan fingerprint density at radius 2 is 0.671 bits per heavy atom. The average Bonchev–Trinajstić information content (AvgIpc) is 3.37. The van der Waals surface area contributed by atoms with Crippen molar-refractivity contribution in [2.45, 2.75) is 411 Å². The zero-order valence-corrected chi connectivity index (χ0v) is 56.3. The number of aliphatic hydroxyl groups is 1. The van der Waals surface area contributed by atoms with Crippen molar-refractivity contribution in [3.05, 3.63) is 12.2 Å². The van der Waals surface area contributed by atoms with E-state index in [4.69, 9.17) is 14.0 Å². The summed E-state index contributed by atoms with van der Waals surface area (Å²) >= 11 is 0. The zero-order valence-electron chi connectivity index (χ0n) is 54.3. The van der Waals surface area contributed by atoms with Gasteiger partial charge in [-0.15, -0.1) is 0 Å². The molecule has 5 nitrogen and oxygen atoms in total. The van der Waals surface area contributed by atoms with Crippen molar-refractivity contribution in [1.29, 1.82) is 0 Å². The number of carbonyl (C=O) groups excluding carboxylic acids is 1. The first-order valence-electron chi connectivity index (χ1n) is 34.5. The first-order chi connectivity index (χ1) is 36.6. The lowest BCUT2D eigenvalue weighted by molar-refractivity contribution is -0.122. The Kier molecular flexibility index (Phi) is 51.1. The number of allylic oxidation sites excluding steroid dienone is 1. The van der Waals surface area contributed by atoms with E-state index in [0.29, 0.717) is 52.9 Å². The molecule has 0 heterocycles. The van der Waals surface area contributed by atoms with Crippen LogP contribution in [0.25, 0.3) is 0 Å². The highest BCUT2D eigenvalue weighted by atomic mass is 28.4. The SMILES string of the molecule is CCCCCCCCCCCCC/C=C/[C@@H](O[Si](C(C)C)(C(C)C)C(C)C)[C@H](CO[Si](C(C)C)(C(C)C)C(C)C)NC(=O)CCCCCCCCCCCCCCCCCCCCCCCCCCCCCCCCO. The molecule has 0 aromatic carbocycles. The highest BCUT2D eigenvalue weighted by molar-refractivity contribution is 6.78. The summed E-state index contributed by atoms with van der Waals surface area (Å²) in [5.41, 5.74) is 2.83. The molecule has 0 saturated carbocycles. The number of hydrogen-bond acceptors (Lipinski definition) is 4. The van der Waals surface area contributed by atoms with E-state index >= 15 is 0 Å². The van der Waals surface area contributed by atoms with Crippen LogP contribution in [-0.4, -0.2) is 53.0 Å². The molecule has 0 aromatic rings. The topological polar surface area (TPSA) is 67.8 Å². The summed E-state index contributed by atoms with van der Waals surface area (Å²) in [4.78, 5) is 14.1. The normalized spacial score (nSPS) is 13.6. The second kappa shape index (κ2) is 51.4. The van der Waals surface area contributed by atoms with Crippen molar-refractivity contribution >= 4 is 22.5 Å². The van der Waals surface area contributed by atoms with Crippen LogP contribution in [0.4, 0.5) is 0 Å². The first-order valence-corrected chi connectivity index (χ1v) is 38.8. The average molecular weight is 1110 g/mol. The quantitative estimate of drug-likeness (QED) is 0.0362. The molecule has 0 rings (SSSR count). The van der Waals surface area contributed by atoms with E-state index in [1.54, 1.807) is 0 Å². The molecule has 0 aliphatic heterocycles. The highest BCUT2D eigenvalue weighted by Gasteiger charge is 2.49. The van der Waals surface area contributed by atoms with E-state index in [0.717, 1.165) is 25.7 Å².